The predicted octanol–water partition coefficient (Wildman–Crippen LogP) is 2.70. The van der Waals surface area contributed by atoms with E-state index >= 15 is 0 Å². The maximum atomic E-state index is 5.72. The van der Waals surface area contributed by atoms with E-state index in [1.165, 1.54) is 0 Å². The monoisotopic (exact) mass is 305 g/mol. The zero-order valence-corrected chi connectivity index (χ0v) is 13.8. The van der Waals surface area contributed by atoms with Gasteiger partial charge < -0.3 is 20.1 Å². The van der Waals surface area contributed by atoms with Crippen LogP contribution in [0.5, 0.6) is 11.5 Å². The zero-order valence-electron chi connectivity index (χ0n) is 13.8. The van der Waals surface area contributed by atoms with E-state index in [2.05, 4.69) is 36.4 Å². The van der Waals surface area contributed by atoms with Crippen molar-refractivity contribution in [1.29, 1.82) is 0 Å². The summed E-state index contributed by atoms with van der Waals surface area (Å²) in [6, 6.07) is 6.45. The Hall–Kier alpha value is -1.91. The van der Waals surface area contributed by atoms with Crippen molar-refractivity contribution >= 4 is 5.96 Å². The highest BCUT2D eigenvalue weighted by Crippen LogP contribution is 2.30. The van der Waals surface area contributed by atoms with Crippen LogP contribution in [0.25, 0.3) is 0 Å². The molecule has 0 amide bonds. The van der Waals surface area contributed by atoms with Crippen LogP contribution < -0.4 is 20.1 Å². The van der Waals surface area contributed by atoms with Crippen LogP contribution in [0.15, 0.2) is 23.2 Å². The third-order valence-electron chi connectivity index (χ3n) is 3.57. The number of rotatable bonds is 5. The summed E-state index contributed by atoms with van der Waals surface area (Å²) in [5.74, 6) is 2.50. The van der Waals surface area contributed by atoms with Gasteiger partial charge in [-0.1, -0.05) is 13.0 Å². The van der Waals surface area contributed by atoms with Crippen LogP contribution in [0.3, 0.4) is 0 Å². The van der Waals surface area contributed by atoms with Crippen LogP contribution in [-0.4, -0.2) is 31.8 Å². The highest BCUT2D eigenvalue weighted by atomic mass is 16.5. The minimum Gasteiger partial charge on any atom is -0.490 e. The Morgan fingerprint density at radius 2 is 2.00 bits per heavy atom. The SMILES string of the molecule is CCNC(=NCc1ccc2c(c1)OCCCO2)NC(C)CC. The maximum Gasteiger partial charge on any atom is 0.191 e. The summed E-state index contributed by atoms with van der Waals surface area (Å²) in [4.78, 5) is 4.64. The number of benzene rings is 1. The molecule has 1 aliphatic rings. The zero-order chi connectivity index (χ0) is 15.8. The van der Waals surface area contributed by atoms with E-state index in [-0.39, 0.29) is 0 Å². The molecule has 5 heteroatoms. The molecule has 5 nitrogen and oxygen atoms in total. The Morgan fingerprint density at radius 3 is 2.73 bits per heavy atom. The van der Waals surface area contributed by atoms with Crippen molar-refractivity contribution in [2.75, 3.05) is 19.8 Å². The normalized spacial score (nSPS) is 15.9. The average molecular weight is 305 g/mol. The first kappa shape index (κ1) is 16.5. The molecule has 1 unspecified atom stereocenters. The topological polar surface area (TPSA) is 54.9 Å². The first-order valence-corrected chi connectivity index (χ1v) is 8.16. The van der Waals surface area contributed by atoms with E-state index in [4.69, 9.17) is 9.47 Å². The molecule has 2 rings (SSSR count). The third kappa shape index (κ3) is 4.83. The van der Waals surface area contributed by atoms with Gasteiger partial charge in [0.15, 0.2) is 17.5 Å². The molecule has 0 aliphatic carbocycles. The molecule has 122 valence electrons. The van der Waals surface area contributed by atoms with Gasteiger partial charge in [0.25, 0.3) is 0 Å². The van der Waals surface area contributed by atoms with Crippen LogP contribution in [0.1, 0.15) is 39.2 Å². The Balaban J connectivity index is 2.04. The summed E-state index contributed by atoms with van der Waals surface area (Å²) in [5, 5.41) is 6.67. The first-order chi connectivity index (χ1) is 10.7. The molecule has 0 saturated heterocycles. The lowest BCUT2D eigenvalue weighted by Gasteiger charge is -2.16. The van der Waals surface area contributed by atoms with Crippen molar-refractivity contribution in [2.24, 2.45) is 4.99 Å². The summed E-state index contributed by atoms with van der Waals surface area (Å²) in [7, 11) is 0. The second-order valence-corrected chi connectivity index (χ2v) is 5.48. The van der Waals surface area contributed by atoms with Crippen molar-refractivity contribution < 1.29 is 9.47 Å². The summed E-state index contributed by atoms with van der Waals surface area (Å²) in [5.41, 5.74) is 1.12. The Labute approximate surface area is 133 Å². The first-order valence-electron chi connectivity index (χ1n) is 8.16. The molecule has 22 heavy (non-hydrogen) atoms. The standard InChI is InChI=1S/C17H27N3O2/c1-4-13(3)20-17(18-5-2)19-12-14-7-8-15-16(11-14)22-10-6-9-21-15/h7-8,11,13H,4-6,9-10,12H2,1-3H3,(H2,18,19,20). The van der Waals surface area contributed by atoms with Gasteiger partial charge in [-0.3, -0.25) is 0 Å². The van der Waals surface area contributed by atoms with Gasteiger partial charge in [-0.05, 0) is 38.0 Å². The molecule has 1 aromatic carbocycles. The molecule has 2 N–H and O–H groups in total. The second kappa shape index (κ2) is 8.51. The van der Waals surface area contributed by atoms with Gasteiger partial charge in [0, 0.05) is 19.0 Å². The van der Waals surface area contributed by atoms with Crippen molar-refractivity contribution in [1.82, 2.24) is 10.6 Å². The third-order valence-corrected chi connectivity index (χ3v) is 3.57. The van der Waals surface area contributed by atoms with Crippen molar-refractivity contribution in [2.45, 2.75) is 46.2 Å². The van der Waals surface area contributed by atoms with Crippen LogP contribution in [0, 0.1) is 0 Å². The molecule has 0 aromatic heterocycles. The molecule has 1 aliphatic heterocycles. The molecule has 1 atom stereocenters. The van der Waals surface area contributed by atoms with Crippen molar-refractivity contribution in [3.05, 3.63) is 23.8 Å². The van der Waals surface area contributed by atoms with E-state index in [9.17, 15) is 0 Å². The van der Waals surface area contributed by atoms with E-state index < -0.39 is 0 Å². The molecule has 0 radical (unpaired) electrons. The number of nitrogens with one attached hydrogen (secondary N) is 2. The Kier molecular flexibility index (Phi) is 6.37. The van der Waals surface area contributed by atoms with Crippen LogP contribution >= 0.6 is 0 Å². The van der Waals surface area contributed by atoms with Crippen LogP contribution in [0.4, 0.5) is 0 Å². The van der Waals surface area contributed by atoms with Gasteiger partial charge in [0.2, 0.25) is 0 Å². The van der Waals surface area contributed by atoms with Crippen LogP contribution in [-0.2, 0) is 6.54 Å². The molecule has 1 heterocycles. The number of fused-ring (bicyclic) bond motifs is 1. The highest BCUT2D eigenvalue weighted by molar-refractivity contribution is 5.80. The van der Waals surface area contributed by atoms with Gasteiger partial charge in [-0.25, -0.2) is 4.99 Å². The number of hydrogen-bond acceptors (Lipinski definition) is 3. The lowest BCUT2D eigenvalue weighted by molar-refractivity contribution is 0.297. The van der Waals surface area contributed by atoms with Gasteiger partial charge in [0.05, 0.1) is 19.8 Å². The predicted molar refractivity (Wildman–Crippen MR) is 89.8 cm³/mol. The fourth-order valence-electron chi connectivity index (χ4n) is 2.13. The molecule has 1 aromatic rings. The molecule has 0 fully saturated rings. The largest absolute Gasteiger partial charge is 0.490 e. The minimum absolute atomic E-state index is 0.404. The fraction of sp³-hybridized carbons (Fsp3) is 0.588. The molecular weight excluding hydrogens is 278 g/mol. The number of ether oxygens (including phenoxy) is 2. The van der Waals surface area contributed by atoms with Gasteiger partial charge >= 0.3 is 0 Å². The second-order valence-electron chi connectivity index (χ2n) is 5.48. The molecule has 0 spiro atoms. The van der Waals surface area contributed by atoms with E-state index in [1.807, 2.05) is 18.2 Å². The van der Waals surface area contributed by atoms with E-state index in [0.29, 0.717) is 25.8 Å². The van der Waals surface area contributed by atoms with Gasteiger partial charge in [0.1, 0.15) is 0 Å². The Bertz CT molecular complexity index is 503. The van der Waals surface area contributed by atoms with Gasteiger partial charge in [-0.15, -0.1) is 0 Å². The van der Waals surface area contributed by atoms with Crippen molar-refractivity contribution in [3.8, 4) is 11.5 Å². The maximum absolute atomic E-state index is 5.72. The summed E-state index contributed by atoms with van der Waals surface area (Å²) >= 11 is 0. The highest BCUT2D eigenvalue weighted by Gasteiger charge is 2.10. The van der Waals surface area contributed by atoms with E-state index in [0.717, 1.165) is 42.4 Å². The Morgan fingerprint density at radius 1 is 1.23 bits per heavy atom. The lowest BCUT2D eigenvalue weighted by atomic mass is 10.2. The smallest absolute Gasteiger partial charge is 0.191 e. The fourth-order valence-corrected chi connectivity index (χ4v) is 2.13. The molecule has 0 bridgehead atoms. The number of aliphatic imine (C=N–C) groups is 1. The lowest BCUT2D eigenvalue weighted by Crippen LogP contribution is -2.41. The number of nitrogens with zero attached hydrogens (tertiary/aromatic N) is 1. The summed E-state index contributed by atoms with van der Waals surface area (Å²) < 4.78 is 11.4. The average Bonchev–Trinajstić information content (AvgIpc) is 2.77. The quantitative estimate of drug-likeness (QED) is 0.649. The number of guanidine groups is 1. The minimum atomic E-state index is 0.404. The summed E-state index contributed by atoms with van der Waals surface area (Å²) in [6.07, 6.45) is 1.99. The molecule has 0 saturated carbocycles. The van der Waals surface area contributed by atoms with Crippen molar-refractivity contribution in [3.63, 3.8) is 0 Å². The van der Waals surface area contributed by atoms with Gasteiger partial charge in [-0.2, -0.15) is 0 Å². The van der Waals surface area contributed by atoms with E-state index in [1.54, 1.807) is 0 Å². The number of hydrogen-bond donors (Lipinski definition) is 2. The summed E-state index contributed by atoms with van der Waals surface area (Å²) in [6.45, 7) is 9.27. The molecular formula is C17H27N3O2. The van der Waals surface area contributed by atoms with Crippen LogP contribution in [0.2, 0.25) is 0 Å².